The molecule has 0 radical (unpaired) electrons. The van der Waals surface area contributed by atoms with Crippen LogP contribution >= 0.6 is 0 Å². The van der Waals surface area contributed by atoms with Crippen LogP contribution in [0.15, 0.2) is 5.16 Å². The van der Waals surface area contributed by atoms with Crippen LogP contribution in [0.1, 0.15) is 26.2 Å². The number of hydrogen-bond acceptors (Lipinski definition) is 4. The van der Waals surface area contributed by atoms with Gasteiger partial charge >= 0.3 is 0 Å². The Hall–Kier alpha value is -1.30. The number of nitrogens with zero attached hydrogens (tertiary/aromatic N) is 2. The zero-order valence-electron chi connectivity index (χ0n) is 10.7. The summed E-state index contributed by atoms with van der Waals surface area (Å²) in [4.78, 5) is 14.1. The number of amides is 1. The van der Waals surface area contributed by atoms with Crippen molar-refractivity contribution < 1.29 is 10.0 Å². The minimum absolute atomic E-state index is 0.0230. The number of amidine groups is 1. The average molecular weight is 242 g/mol. The third-order valence-corrected chi connectivity index (χ3v) is 3.17. The maximum absolute atomic E-state index is 12.0. The van der Waals surface area contributed by atoms with Crippen LogP contribution in [0.4, 0.5) is 0 Å². The van der Waals surface area contributed by atoms with E-state index in [0.717, 1.165) is 13.0 Å². The molecule has 0 aromatic carbocycles. The Morgan fingerprint density at radius 3 is 2.59 bits per heavy atom. The fourth-order valence-corrected chi connectivity index (χ4v) is 1.71. The normalized spacial score (nSPS) is 20.1. The van der Waals surface area contributed by atoms with Crippen molar-refractivity contribution in [3.8, 4) is 0 Å². The van der Waals surface area contributed by atoms with Crippen LogP contribution in [0, 0.1) is 5.41 Å². The lowest BCUT2D eigenvalue weighted by Crippen LogP contribution is -2.44. The highest BCUT2D eigenvalue weighted by Gasteiger charge is 2.54. The number of hydrogen-bond donors (Lipinski definition) is 3. The van der Waals surface area contributed by atoms with Crippen LogP contribution < -0.4 is 11.1 Å². The van der Waals surface area contributed by atoms with Crippen molar-refractivity contribution in [3.63, 3.8) is 0 Å². The lowest BCUT2D eigenvalue weighted by atomic mass is 10.0. The van der Waals surface area contributed by atoms with Crippen LogP contribution in [0.25, 0.3) is 0 Å². The number of nitrogens with one attached hydrogen (secondary N) is 1. The van der Waals surface area contributed by atoms with Gasteiger partial charge in [0.2, 0.25) is 5.91 Å². The SMILES string of the molecule is CC(CCN(C)C)NC(=O)C1(C(N)=NO)CC1. The molecule has 1 amide bonds. The van der Waals surface area contributed by atoms with E-state index < -0.39 is 5.41 Å². The molecule has 0 heterocycles. The molecule has 0 spiro atoms. The van der Waals surface area contributed by atoms with E-state index in [0.29, 0.717) is 12.8 Å². The van der Waals surface area contributed by atoms with Crippen LogP contribution in [0.2, 0.25) is 0 Å². The molecular weight excluding hydrogens is 220 g/mol. The smallest absolute Gasteiger partial charge is 0.234 e. The molecule has 0 aliphatic heterocycles. The molecule has 0 saturated heterocycles. The van der Waals surface area contributed by atoms with E-state index >= 15 is 0 Å². The predicted octanol–water partition coefficient (Wildman–Crippen LogP) is -0.0306. The molecule has 1 aliphatic carbocycles. The van der Waals surface area contributed by atoms with Crippen molar-refractivity contribution in [2.45, 2.75) is 32.2 Å². The summed E-state index contributed by atoms with van der Waals surface area (Å²) < 4.78 is 0. The van der Waals surface area contributed by atoms with E-state index in [1.165, 1.54) is 0 Å². The standard InChI is InChI=1S/C11H22N4O2/c1-8(4-7-15(2)3)13-10(16)11(5-6-11)9(12)14-17/h8,17H,4-7H2,1-3H3,(H2,12,14)(H,13,16). The maximum atomic E-state index is 12.0. The molecule has 1 aliphatic rings. The van der Waals surface area contributed by atoms with Crippen molar-refractivity contribution in [1.82, 2.24) is 10.2 Å². The number of nitrogens with two attached hydrogens (primary N) is 1. The molecule has 6 heteroatoms. The molecule has 1 unspecified atom stereocenters. The van der Waals surface area contributed by atoms with Crippen molar-refractivity contribution in [2.24, 2.45) is 16.3 Å². The Morgan fingerprint density at radius 1 is 1.59 bits per heavy atom. The van der Waals surface area contributed by atoms with Crippen LogP contribution in [0.5, 0.6) is 0 Å². The Bertz CT molecular complexity index is 311. The third kappa shape index (κ3) is 3.33. The summed E-state index contributed by atoms with van der Waals surface area (Å²) in [6.07, 6.45) is 2.20. The van der Waals surface area contributed by atoms with Gasteiger partial charge in [-0.1, -0.05) is 5.16 Å². The van der Waals surface area contributed by atoms with Gasteiger partial charge in [0.25, 0.3) is 0 Å². The molecule has 1 atom stereocenters. The largest absolute Gasteiger partial charge is 0.409 e. The quantitative estimate of drug-likeness (QED) is 0.264. The van der Waals surface area contributed by atoms with Crippen molar-refractivity contribution in [2.75, 3.05) is 20.6 Å². The van der Waals surface area contributed by atoms with Gasteiger partial charge in [-0.25, -0.2) is 0 Å². The molecule has 4 N–H and O–H groups in total. The maximum Gasteiger partial charge on any atom is 0.234 e. The molecule has 0 bridgehead atoms. The summed E-state index contributed by atoms with van der Waals surface area (Å²) in [6.45, 7) is 2.88. The Morgan fingerprint density at radius 2 is 2.18 bits per heavy atom. The van der Waals surface area contributed by atoms with E-state index in [2.05, 4.69) is 15.4 Å². The van der Waals surface area contributed by atoms with E-state index in [4.69, 9.17) is 10.9 Å². The van der Waals surface area contributed by atoms with Crippen LogP contribution in [-0.2, 0) is 4.79 Å². The van der Waals surface area contributed by atoms with E-state index in [1.807, 2.05) is 21.0 Å². The molecule has 98 valence electrons. The molecule has 1 rings (SSSR count). The minimum atomic E-state index is -0.749. The minimum Gasteiger partial charge on any atom is -0.409 e. The van der Waals surface area contributed by atoms with Crippen molar-refractivity contribution >= 4 is 11.7 Å². The predicted molar refractivity (Wildman–Crippen MR) is 65.9 cm³/mol. The second-order valence-electron chi connectivity index (χ2n) is 5.03. The summed E-state index contributed by atoms with van der Waals surface area (Å²) in [5.74, 6) is -0.103. The fraction of sp³-hybridized carbons (Fsp3) is 0.818. The highest BCUT2D eigenvalue weighted by Crippen LogP contribution is 2.46. The Kier molecular flexibility index (Phi) is 4.34. The molecule has 1 fully saturated rings. The second kappa shape index (κ2) is 5.35. The van der Waals surface area contributed by atoms with Crippen LogP contribution in [-0.4, -0.2) is 48.5 Å². The van der Waals surface area contributed by atoms with Gasteiger partial charge in [-0.3, -0.25) is 4.79 Å². The van der Waals surface area contributed by atoms with E-state index in [-0.39, 0.29) is 17.8 Å². The third-order valence-electron chi connectivity index (χ3n) is 3.17. The summed E-state index contributed by atoms with van der Waals surface area (Å²) >= 11 is 0. The molecule has 1 saturated carbocycles. The topological polar surface area (TPSA) is 91.0 Å². The highest BCUT2D eigenvalue weighted by atomic mass is 16.4. The summed E-state index contributed by atoms with van der Waals surface area (Å²) in [5, 5.41) is 14.5. The van der Waals surface area contributed by atoms with Crippen molar-refractivity contribution in [3.05, 3.63) is 0 Å². The average Bonchev–Trinajstić information content (AvgIpc) is 3.06. The summed E-state index contributed by atoms with van der Waals surface area (Å²) in [5.41, 5.74) is 4.79. The highest BCUT2D eigenvalue weighted by molar-refractivity contribution is 6.09. The lowest BCUT2D eigenvalue weighted by molar-refractivity contribution is -0.124. The van der Waals surface area contributed by atoms with Gasteiger partial charge in [0.1, 0.15) is 5.41 Å². The first-order valence-corrected chi connectivity index (χ1v) is 5.86. The number of carbonyl (C=O) groups excluding carboxylic acids is 1. The Balaban J connectivity index is 2.44. The number of carbonyl (C=O) groups is 1. The zero-order chi connectivity index (χ0) is 13.1. The fourth-order valence-electron chi connectivity index (χ4n) is 1.71. The van der Waals surface area contributed by atoms with Gasteiger partial charge in [-0.05, 0) is 46.8 Å². The van der Waals surface area contributed by atoms with Crippen LogP contribution in [0.3, 0.4) is 0 Å². The molecule has 0 aromatic heterocycles. The molecule has 0 aromatic rings. The number of oxime groups is 1. The van der Waals surface area contributed by atoms with Gasteiger partial charge in [-0.15, -0.1) is 0 Å². The monoisotopic (exact) mass is 242 g/mol. The zero-order valence-corrected chi connectivity index (χ0v) is 10.7. The van der Waals surface area contributed by atoms with E-state index in [9.17, 15) is 4.79 Å². The first-order valence-electron chi connectivity index (χ1n) is 5.86. The van der Waals surface area contributed by atoms with Gasteiger partial charge in [0.05, 0.1) is 0 Å². The van der Waals surface area contributed by atoms with Crippen molar-refractivity contribution in [1.29, 1.82) is 0 Å². The van der Waals surface area contributed by atoms with Gasteiger partial charge < -0.3 is 21.2 Å². The summed E-state index contributed by atoms with van der Waals surface area (Å²) in [7, 11) is 3.99. The molecule has 6 nitrogen and oxygen atoms in total. The Labute approximate surface area is 102 Å². The van der Waals surface area contributed by atoms with E-state index in [1.54, 1.807) is 0 Å². The second-order valence-corrected chi connectivity index (χ2v) is 5.03. The summed E-state index contributed by atoms with van der Waals surface area (Å²) in [6, 6.07) is 0.0915. The first kappa shape index (κ1) is 13.8. The molecular formula is C11H22N4O2. The van der Waals surface area contributed by atoms with Gasteiger partial charge in [0.15, 0.2) is 5.84 Å². The van der Waals surface area contributed by atoms with Gasteiger partial charge in [0, 0.05) is 6.04 Å². The van der Waals surface area contributed by atoms with Gasteiger partial charge in [-0.2, -0.15) is 0 Å². The lowest BCUT2D eigenvalue weighted by Gasteiger charge is -2.20. The first-order chi connectivity index (χ1) is 7.92. The number of rotatable bonds is 6. The molecule has 17 heavy (non-hydrogen) atoms.